The van der Waals surface area contributed by atoms with Gasteiger partial charge in [0.1, 0.15) is 5.41 Å². The Hall–Kier alpha value is -0.910. The zero-order valence-electron chi connectivity index (χ0n) is 12.9. The van der Waals surface area contributed by atoms with E-state index in [0.717, 1.165) is 12.8 Å². The third-order valence-corrected chi connectivity index (χ3v) is 6.31. The second-order valence-corrected chi connectivity index (χ2v) is 7.13. The highest BCUT2D eigenvalue weighted by atomic mass is 32.2. The van der Waals surface area contributed by atoms with Gasteiger partial charge in [-0.1, -0.05) is 25.9 Å². The van der Waals surface area contributed by atoms with Crippen LogP contribution >= 0.6 is 11.8 Å². The molecule has 0 aliphatic heterocycles. The molecule has 5 nitrogen and oxygen atoms in total. The molecule has 116 valence electrons. The van der Waals surface area contributed by atoms with Crippen LogP contribution in [-0.4, -0.2) is 34.5 Å². The molecular weight excluding hydrogens is 274 g/mol. The SMILES string of the molecule is CCC(CC)(CNC(=O)C1(C(N)=NO)CC(C)C1)SC. The molecule has 0 aromatic carbocycles. The molecule has 0 saturated heterocycles. The Bertz CT molecular complexity index is 366. The van der Waals surface area contributed by atoms with E-state index in [2.05, 4.69) is 37.5 Å². The van der Waals surface area contributed by atoms with Gasteiger partial charge in [0.05, 0.1) is 0 Å². The Balaban J connectivity index is 2.74. The van der Waals surface area contributed by atoms with Crippen molar-refractivity contribution in [1.29, 1.82) is 0 Å². The van der Waals surface area contributed by atoms with Crippen molar-refractivity contribution in [1.82, 2.24) is 5.32 Å². The molecule has 1 amide bonds. The first kappa shape index (κ1) is 17.1. The molecule has 1 aliphatic rings. The predicted molar refractivity (Wildman–Crippen MR) is 84.1 cm³/mol. The minimum absolute atomic E-state index is 0.0378. The Labute approximate surface area is 125 Å². The fourth-order valence-electron chi connectivity index (χ4n) is 3.01. The van der Waals surface area contributed by atoms with E-state index in [-0.39, 0.29) is 16.5 Å². The Morgan fingerprint density at radius 1 is 1.50 bits per heavy atom. The number of nitrogens with one attached hydrogen (secondary N) is 1. The summed E-state index contributed by atoms with van der Waals surface area (Å²) >= 11 is 1.78. The van der Waals surface area contributed by atoms with Crippen molar-refractivity contribution in [3.63, 3.8) is 0 Å². The second kappa shape index (κ2) is 6.70. The monoisotopic (exact) mass is 301 g/mol. The van der Waals surface area contributed by atoms with Crippen molar-refractivity contribution in [2.75, 3.05) is 12.8 Å². The molecule has 0 aromatic rings. The minimum atomic E-state index is -0.806. The molecule has 0 unspecified atom stereocenters. The third-order valence-electron chi connectivity index (χ3n) is 4.72. The van der Waals surface area contributed by atoms with E-state index in [0.29, 0.717) is 25.3 Å². The number of amides is 1. The van der Waals surface area contributed by atoms with Gasteiger partial charge in [-0.05, 0) is 37.9 Å². The van der Waals surface area contributed by atoms with Crippen molar-refractivity contribution in [3.05, 3.63) is 0 Å². The number of carbonyl (C=O) groups excluding carboxylic acids is 1. The van der Waals surface area contributed by atoms with Crippen molar-refractivity contribution < 1.29 is 10.0 Å². The summed E-state index contributed by atoms with van der Waals surface area (Å²) in [6.07, 6.45) is 5.37. The molecule has 1 saturated carbocycles. The van der Waals surface area contributed by atoms with E-state index in [1.807, 2.05) is 0 Å². The van der Waals surface area contributed by atoms with Gasteiger partial charge in [0.15, 0.2) is 5.84 Å². The summed E-state index contributed by atoms with van der Waals surface area (Å²) in [6, 6.07) is 0. The van der Waals surface area contributed by atoms with Crippen LogP contribution in [0.25, 0.3) is 0 Å². The molecule has 0 spiro atoms. The van der Waals surface area contributed by atoms with Gasteiger partial charge in [-0.25, -0.2) is 0 Å². The molecule has 0 radical (unpaired) electrons. The molecule has 0 heterocycles. The van der Waals surface area contributed by atoms with E-state index >= 15 is 0 Å². The van der Waals surface area contributed by atoms with Crippen LogP contribution in [0, 0.1) is 11.3 Å². The van der Waals surface area contributed by atoms with E-state index in [1.165, 1.54) is 0 Å². The van der Waals surface area contributed by atoms with Crippen molar-refractivity contribution >= 4 is 23.5 Å². The first-order chi connectivity index (χ1) is 9.39. The number of hydrogen-bond donors (Lipinski definition) is 3. The second-order valence-electron chi connectivity index (χ2n) is 5.86. The summed E-state index contributed by atoms with van der Waals surface area (Å²) in [4.78, 5) is 12.5. The van der Waals surface area contributed by atoms with Crippen molar-refractivity contribution in [3.8, 4) is 0 Å². The quantitative estimate of drug-likeness (QED) is 0.291. The average Bonchev–Trinajstić information content (AvgIpc) is 2.44. The number of oxime groups is 1. The molecule has 1 rings (SSSR count). The maximum Gasteiger partial charge on any atom is 0.234 e. The summed E-state index contributed by atoms with van der Waals surface area (Å²) < 4.78 is 0.0668. The number of nitrogens with two attached hydrogens (primary N) is 1. The van der Waals surface area contributed by atoms with E-state index in [4.69, 9.17) is 10.9 Å². The summed E-state index contributed by atoms with van der Waals surface area (Å²) in [5, 5.41) is 15.0. The lowest BCUT2D eigenvalue weighted by molar-refractivity contribution is -0.133. The molecule has 20 heavy (non-hydrogen) atoms. The minimum Gasteiger partial charge on any atom is -0.409 e. The number of rotatable bonds is 7. The molecule has 1 aliphatic carbocycles. The van der Waals surface area contributed by atoms with Gasteiger partial charge in [0, 0.05) is 11.3 Å². The van der Waals surface area contributed by atoms with Gasteiger partial charge in [-0.15, -0.1) is 0 Å². The van der Waals surface area contributed by atoms with E-state index in [1.54, 1.807) is 11.8 Å². The van der Waals surface area contributed by atoms with Crippen LogP contribution in [0.4, 0.5) is 0 Å². The van der Waals surface area contributed by atoms with Crippen molar-refractivity contribution in [2.24, 2.45) is 22.2 Å². The van der Waals surface area contributed by atoms with Crippen LogP contribution in [0.15, 0.2) is 5.16 Å². The Morgan fingerprint density at radius 3 is 2.40 bits per heavy atom. The van der Waals surface area contributed by atoms with Crippen LogP contribution in [0.3, 0.4) is 0 Å². The van der Waals surface area contributed by atoms with Gasteiger partial charge in [-0.2, -0.15) is 11.8 Å². The fourth-order valence-corrected chi connectivity index (χ4v) is 3.80. The smallest absolute Gasteiger partial charge is 0.234 e. The normalized spacial score (nSPS) is 27.0. The molecule has 0 aromatic heterocycles. The topological polar surface area (TPSA) is 87.7 Å². The van der Waals surface area contributed by atoms with Gasteiger partial charge in [-0.3, -0.25) is 4.79 Å². The van der Waals surface area contributed by atoms with Gasteiger partial charge >= 0.3 is 0 Å². The summed E-state index contributed by atoms with van der Waals surface area (Å²) in [6.45, 7) is 6.96. The number of nitrogens with zero attached hydrogens (tertiary/aromatic N) is 1. The lowest BCUT2D eigenvalue weighted by Crippen LogP contribution is -2.58. The van der Waals surface area contributed by atoms with Crippen LogP contribution < -0.4 is 11.1 Å². The lowest BCUT2D eigenvalue weighted by atomic mass is 9.61. The lowest BCUT2D eigenvalue weighted by Gasteiger charge is -2.44. The van der Waals surface area contributed by atoms with Gasteiger partial charge in [0.25, 0.3) is 0 Å². The maximum atomic E-state index is 12.5. The highest BCUT2D eigenvalue weighted by Crippen LogP contribution is 2.46. The summed E-state index contributed by atoms with van der Waals surface area (Å²) in [7, 11) is 0. The number of hydrogen-bond acceptors (Lipinski definition) is 4. The van der Waals surface area contributed by atoms with Crippen LogP contribution in [0.1, 0.15) is 46.5 Å². The Morgan fingerprint density at radius 2 is 2.05 bits per heavy atom. The summed E-state index contributed by atoms with van der Waals surface area (Å²) in [5.41, 5.74) is 4.94. The molecule has 0 bridgehead atoms. The zero-order chi connectivity index (χ0) is 15.4. The molecular formula is C14H27N3O2S. The van der Waals surface area contributed by atoms with Crippen LogP contribution in [0.5, 0.6) is 0 Å². The van der Waals surface area contributed by atoms with E-state index < -0.39 is 5.41 Å². The van der Waals surface area contributed by atoms with Crippen molar-refractivity contribution in [2.45, 2.75) is 51.2 Å². The number of thioether (sulfide) groups is 1. The van der Waals surface area contributed by atoms with Crippen LogP contribution in [-0.2, 0) is 4.79 Å². The van der Waals surface area contributed by atoms with Crippen LogP contribution in [0.2, 0.25) is 0 Å². The van der Waals surface area contributed by atoms with Gasteiger partial charge < -0.3 is 16.3 Å². The third kappa shape index (κ3) is 3.05. The molecule has 1 fully saturated rings. The molecule has 4 N–H and O–H groups in total. The first-order valence-corrected chi connectivity index (χ1v) is 8.43. The average molecular weight is 301 g/mol. The highest BCUT2D eigenvalue weighted by molar-refractivity contribution is 8.00. The fraction of sp³-hybridized carbons (Fsp3) is 0.857. The predicted octanol–water partition coefficient (Wildman–Crippen LogP) is 2.19. The summed E-state index contributed by atoms with van der Waals surface area (Å²) in [5.74, 6) is 0.366. The largest absolute Gasteiger partial charge is 0.409 e. The number of carbonyl (C=O) groups is 1. The number of amidine groups is 1. The van der Waals surface area contributed by atoms with E-state index in [9.17, 15) is 4.79 Å². The molecule has 6 heteroatoms. The zero-order valence-corrected chi connectivity index (χ0v) is 13.7. The molecule has 0 atom stereocenters. The first-order valence-electron chi connectivity index (χ1n) is 7.21. The standard InChI is InChI=1S/C14H27N3O2S/c1-5-13(6-2,20-4)9-16-12(18)14(11(15)17-19)7-10(3)8-14/h10,19H,5-9H2,1-4H3,(H2,15,17)(H,16,18). The van der Waals surface area contributed by atoms with Gasteiger partial charge in [0.2, 0.25) is 5.91 Å². The highest BCUT2D eigenvalue weighted by Gasteiger charge is 2.52. The Kier molecular flexibility index (Phi) is 5.74. The maximum absolute atomic E-state index is 12.5.